The van der Waals surface area contributed by atoms with Gasteiger partial charge in [0.05, 0.1) is 12.7 Å². The molecule has 2 N–H and O–H groups in total. The van der Waals surface area contributed by atoms with E-state index in [1.807, 2.05) is 19.1 Å². The number of ether oxygens (including phenoxy) is 1. The van der Waals surface area contributed by atoms with Crippen LogP contribution in [0.1, 0.15) is 35.3 Å². The fourth-order valence-corrected chi connectivity index (χ4v) is 1.48. The van der Waals surface area contributed by atoms with Crippen molar-refractivity contribution >= 4 is 5.97 Å². The lowest BCUT2D eigenvalue weighted by molar-refractivity contribution is 0.0600. The summed E-state index contributed by atoms with van der Waals surface area (Å²) >= 11 is 0. The van der Waals surface area contributed by atoms with Gasteiger partial charge in [0.15, 0.2) is 0 Å². The average Bonchev–Trinajstić information content (AvgIpc) is 2.27. The highest BCUT2D eigenvalue weighted by Crippen LogP contribution is 2.18. The van der Waals surface area contributed by atoms with E-state index in [1.54, 1.807) is 12.1 Å². The third kappa shape index (κ3) is 3.21. The lowest BCUT2D eigenvalue weighted by Crippen LogP contribution is -2.11. The highest BCUT2D eigenvalue weighted by molar-refractivity contribution is 5.89. The molecule has 0 aliphatic rings. The second-order valence-corrected chi connectivity index (χ2v) is 3.88. The van der Waals surface area contributed by atoms with Gasteiger partial charge < -0.3 is 10.5 Å². The predicted octanol–water partition coefficient (Wildman–Crippen LogP) is 2.44. The monoisotopic (exact) mass is 219 g/mol. The average molecular weight is 219 g/mol. The van der Waals surface area contributed by atoms with Gasteiger partial charge in [-0.25, -0.2) is 4.79 Å². The predicted molar refractivity (Wildman–Crippen MR) is 64.1 cm³/mol. The van der Waals surface area contributed by atoms with Crippen molar-refractivity contribution in [1.82, 2.24) is 0 Å². The zero-order valence-corrected chi connectivity index (χ0v) is 9.69. The normalized spacial score (nSPS) is 11.9. The summed E-state index contributed by atoms with van der Waals surface area (Å²) in [6, 6.07) is 7.07. The first-order chi connectivity index (χ1) is 7.54. The number of benzene rings is 1. The van der Waals surface area contributed by atoms with Crippen LogP contribution in [0.5, 0.6) is 0 Å². The van der Waals surface area contributed by atoms with Gasteiger partial charge >= 0.3 is 5.97 Å². The van der Waals surface area contributed by atoms with Crippen molar-refractivity contribution in [3.8, 4) is 0 Å². The lowest BCUT2D eigenvalue weighted by Gasteiger charge is -2.12. The molecule has 0 aliphatic carbocycles. The van der Waals surface area contributed by atoms with Crippen LogP contribution in [0.2, 0.25) is 0 Å². The van der Waals surface area contributed by atoms with Crippen molar-refractivity contribution in [2.75, 3.05) is 7.11 Å². The molecule has 0 fully saturated rings. The van der Waals surface area contributed by atoms with Gasteiger partial charge in [0.25, 0.3) is 0 Å². The van der Waals surface area contributed by atoms with E-state index in [9.17, 15) is 4.79 Å². The van der Waals surface area contributed by atoms with Crippen LogP contribution in [0, 0.1) is 0 Å². The molecule has 1 aromatic rings. The quantitative estimate of drug-likeness (QED) is 0.625. The molecule has 0 heterocycles. The summed E-state index contributed by atoms with van der Waals surface area (Å²) in [5, 5.41) is 0. The first-order valence-corrected chi connectivity index (χ1v) is 5.13. The molecule has 0 spiro atoms. The number of hydrogen-bond donors (Lipinski definition) is 1. The molecule has 0 unspecified atom stereocenters. The molecule has 86 valence electrons. The SMILES string of the molecule is C=C(C)C[C@H](N)c1ccc(C(=O)OC)cc1. The Morgan fingerprint density at radius 2 is 2.00 bits per heavy atom. The van der Waals surface area contributed by atoms with E-state index in [0.29, 0.717) is 5.56 Å². The molecule has 0 saturated carbocycles. The number of methoxy groups -OCH3 is 1. The van der Waals surface area contributed by atoms with Gasteiger partial charge in [0, 0.05) is 6.04 Å². The van der Waals surface area contributed by atoms with Crippen molar-refractivity contribution < 1.29 is 9.53 Å². The fourth-order valence-electron chi connectivity index (χ4n) is 1.48. The van der Waals surface area contributed by atoms with Crippen LogP contribution in [0.4, 0.5) is 0 Å². The number of esters is 1. The third-order valence-electron chi connectivity index (χ3n) is 2.33. The number of hydrogen-bond acceptors (Lipinski definition) is 3. The number of rotatable bonds is 4. The van der Waals surface area contributed by atoms with Crippen LogP contribution < -0.4 is 5.73 Å². The van der Waals surface area contributed by atoms with E-state index in [1.165, 1.54) is 7.11 Å². The maximum atomic E-state index is 11.2. The number of carbonyl (C=O) groups is 1. The Hall–Kier alpha value is -1.61. The lowest BCUT2D eigenvalue weighted by atomic mass is 10.0. The summed E-state index contributed by atoms with van der Waals surface area (Å²) < 4.78 is 4.62. The van der Waals surface area contributed by atoms with Crippen LogP contribution in [0.3, 0.4) is 0 Å². The number of carbonyl (C=O) groups excluding carboxylic acids is 1. The zero-order chi connectivity index (χ0) is 12.1. The fraction of sp³-hybridized carbons (Fsp3) is 0.308. The summed E-state index contributed by atoms with van der Waals surface area (Å²) in [5.74, 6) is -0.333. The van der Waals surface area contributed by atoms with E-state index in [2.05, 4.69) is 11.3 Å². The van der Waals surface area contributed by atoms with E-state index in [0.717, 1.165) is 17.6 Å². The maximum Gasteiger partial charge on any atom is 0.337 e. The largest absolute Gasteiger partial charge is 0.465 e. The Morgan fingerprint density at radius 1 is 1.44 bits per heavy atom. The first kappa shape index (κ1) is 12.5. The van der Waals surface area contributed by atoms with Crippen LogP contribution in [-0.2, 0) is 4.74 Å². The molecule has 3 nitrogen and oxygen atoms in total. The Bertz CT molecular complexity index is 381. The zero-order valence-electron chi connectivity index (χ0n) is 9.69. The maximum absolute atomic E-state index is 11.2. The molecule has 0 bridgehead atoms. The molecular weight excluding hydrogens is 202 g/mol. The van der Waals surface area contributed by atoms with Gasteiger partial charge in [-0.05, 0) is 31.0 Å². The molecule has 0 aromatic heterocycles. The van der Waals surface area contributed by atoms with Gasteiger partial charge in [-0.15, -0.1) is 6.58 Å². The van der Waals surface area contributed by atoms with E-state index < -0.39 is 0 Å². The van der Waals surface area contributed by atoms with Crippen molar-refractivity contribution in [3.63, 3.8) is 0 Å². The highest BCUT2D eigenvalue weighted by atomic mass is 16.5. The van der Waals surface area contributed by atoms with Crippen molar-refractivity contribution in [1.29, 1.82) is 0 Å². The minimum absolute atomic E-state index is 0.0656. The first-order valence-electron chi connectivity index (χ1n) is 5.13. The second kappa shape index (κ2) is 5.47. The Kier molecular flexibility index (Phi) is 4.26. The van der Waals surface area contributed by atoms with Crippen molar-refractivity contribution in [2.45, 2.75) is 19.4 Å². The van der Waals surface area contributed by atoms with Crippen molar-refractivity contribution in [3.05, 3.63) is 47.5 Å². The van der Waals surface area contributed by atoms with Gasteiger partial charge in [-0.2, -0.15) is 0 Å². The third-order valence-corrected chi connectivity index (χ3v) is 2.33. The molecule has 0 radical (unpaired) electrons. The van der Waals surface area contributed by atoms with Gasteiger partial charge in [-0.1, -0.05) is 17.7 Å². The molecule has 0 saturated heterocycles. The molecule has 0 aliphatic heterocycles. The summed E-state index contributed by atoms with van der Waals surface area (Å²) in [5.41, 5.74) is 8.56. The summed E-state index contributed by atoms with van der Waals surface area (Å²) in [4.78, 5) is 11.2. The van der Waals surface area contributed by atoms with Gasteiger partial charge in [-0.3, -0.25) is 0 Å². The molecule has 1 atom stereocenters. The smallest absolute Gasteiger partial charge is 0.337 e. The minimum atomic E-state index is -0.333. The molecule has 1 aromatic carbocycles. The van der Waals surface area contributed by atoms with Crippen LogP contribution >= 0.6 is 0 Å². The molecule has 1 rings (SSSR count). The van der Waals surface area contributed by atoms with Crippen LogP contribution in [0.25, 0.3) is 0 Å². The summed E-state index contributed by atoms with van der Waals surface area (Å²) in [6.45, 7) is 5.77. The minimum Gasteiger partial charge on any atom is -0.465 e. The topological polar surface area (TPSA) is 52.3 Å². The molecule has 0 amide bonds. The molecule has 3 heteroatoms. The van der Waals surface area contributed by atoms with E-state index in [-0.39, 0.29) is 12.0 Å². The van der Waals surface area contributed by atoms with Crippen LogP contribution in [0.15, 0.2) is 36.4 Å². The van der Waals surface area contributed by atoms with Crippen LogP contribution in [-0.4, -0.2) is 13.1 Å². The van der Waals surface area contributed by atoms with E-state index >= 15 is 0 Å². The Morgan fingerprint density at radius 3 is 2.44 bits per heavy atom. The van der Waals surface area contributed by atoms with Gasteiger partial charge in [0.1, 0.15) is 0 Å². The Labute approximate surface area is 95.9 Å². The standard InChI is InChI=1S/C13H17NO2/c1-9(2)8-12(14)10-4-6-11(7-5-10)13(15)16-3/h4-7,12H,1,8,14H2,2-3H3/t12-/m0/s1. The number of nitrogens with two attached hydrogens (primary N) is 1. The summed E-state index contributed by atoms with van der Waals surface area (Å²) in [7, 11) is 1.36. The van der Waals surface area contributed by atoms with E-state index in [4.69, 9.17) is 5.73 Å². The van der Waals surface area contributed by atoms with Gasteiger partial charge in [0.2, 0.25) is 0 Å². The Balaban J connectivity index is 2.78. The highest BCUT2D eigenvalue weighted by Gasteiger charge is 2.08. The summed E-state index contributed by atoms with van der Waals surface area (Å²) in [6.07, 6.45) is 0.748. The second-order valence-electron chi connectivity index (χ2n) is 3.88. The van der Waals surface area contributed by atoms with Crippen molar-refractivity contribution in [2.24, 2.45) is 5.73 Å². The molecule has 16 heavy (non-hydrogen) atoms. The molecular formula is C13H17NO2.